The summed E-state index contributed by atoms with van der Waals surface area (Å²) in [6.07, 6.45) is 3.83. The first-order chi connectivity index (χ1) is 10.0. The van der Waals surface area contributed by atoms with Crippen LogP contribution in [0.15, 0.2) is 35.5 Å². The molecule has 1 aliphatic carbocycles. The van der Waals surface area contributed by atoms with Gasteiger partial charge in [0.25, 0.3) is 5.92 Å². The summed E-state index contributed by atoms with van der Waals surface area (Å²) in [5, 5.41) is 11.6. The number of amidine groups is 1. The number of hydrogen-bond donors (Lipinski definition) is 2. The van der Waals surface area contributed by atoms with Crippen LogP contribution < -0.4 is 5.73 Å². The van der Waals surface area contributed by atoms with E-state index < -0.39 is 12.5 Å². The first kappa shape index (κ1) is 15.7. The average Bonchev–Trinajstić information content (AvgIpc) is 3.01. The molecule has 0 aliphatic heterocycles. The van der Waals surface area contributed by atoms with Crippen molar-refractivity contribution in [2.24, 2.45) is 10.9 Å². The number of benzene rings is 1. The van der Waals surface area contributed by atoms with Crippen LogP contribution in [0.2, 0.25) is 0 Å². The Morgan fingerprint density at radius 2 is 1.90 bits per heavy atom. The number of nitrogens with two attached hydrogens (primary N) is 1. The smallest absolute Gasteiger partial charge is 0.285 e. The van der Waals surface area contributed by atoms with E-state index in [-0.39, 0.29) is 24.0 Å². The zero-order chi connectivity index (χ0) is 15.3. The maximum atomic E-state index is 14.4. The summed E-state index contributed by atoms with van der Waals surface area (Å²) in [6, 6.07) is 7.84. The van der Waals surface area contributed by atoms with E-state index in [9.17, 15) is 8.78 Å². The van der Waals surface area contributed by atoms with Gasteiger partial charge in [-0.1, -0.05) is 48.3 Å². The van der Waals surface area contributed by atoms with Gasteiger partial charge < -0.3 is 10.9 Å². The van der Waals surface area contributed by atoms with E-state index >= 15 is 0 Å². The molecule has 1 aliphatic rings. The molecule has 1 aromatic carbocycles. The fourth-order valence-corrected chi connectivity index (χ4v) is 2.85. The van der Waals surface area contributed by atoms with E-state index in [1.807, 2.05) is 0 Å². The van der Waals surface area contributed by atoms with E-state index in [2.05, 4.69) is 5.16 Å². The average molecular weight is 297 g/mol. The molecule has 0 unspecified atom stereocenters. The van der Waals surface area contributed by atoms with Crippen LogP contribution in [0, 0.1) is 0 Å². The summed E-state index contributed by atoms with van der Waals surface area (Å²) < 4.78 is 28.9. The number of hydrogen-bond acceptors (Lipinski definition) is 3. The minimum absolute atomic E-state index is 0.00694. The zero-order valence-corrected chi connectivity index (χ0v) is 11.9. The fourth-order valence-electron chi connectivity index (χ4n) is 2.85. The summed E-state index contributed by atoms with van der Waals surface area (Å²) >= 11 is 0. The van der Waals surface area contributed by atoms with Crippen molar-refractivity contribution in [2.45, 2.75) is 37.6 Å². The lowest BCUT2D eigenvalue weighted by atomic mass is 10.1. The third-order valence-corrected chi connectivity index (χ3v) is 3.93. The molecule has 0 atom stereocenters. The van der Waals surface area contributed by atoms with Gasteiger partial charge in [0.05, 0.1) is 13.1 Å². The highest BCUT2D eigenvalue weighted by atomic mass is 19.3. The molecule has 0 radical (unpaired) electrons. The molecule has 0 heterocycles. The van der Waals surface area contributed by atoms with E-state index in [0.717, 1.165) is 25.7 Å². The normalized spacial score (nSPS) is 17.6. The van der Waals surface area contributed by atoms with Crippen LogP contribution in [-0.2, 0) is 5.92 Å². The Morgan fingerprint density at radius 1 is 1.29 bits per heavy atom. The van der Waals surface area contributed by atoms with Gasteiger partial charge in [0, 0.05) is 11.6 Å². The Morgan fingerprint density at radius 3 is 2.48 bits per heavy atom. The summed E-state index contributed by atoms with van der Waals surface area (Å²) in [6.45, 7) is -0.360. The molecule has 0 spiro atoms. The van der Waals surface area contributed by atoms with Crippen LogP contribution in [0.3, 0.4) is 0 Å². The van der Waals surface area contributed by atoms with Gasteiger partial charge in [-0.25, -0.2) is 0 Å². The Hall–Kier alpha value is -1.69. The molecular formula is C15H21F2N3O. The van der Waals surface area contributed by atoms with Crippen molar-refractivity contribution in [1.29, 1.82) is 0 Å². The largest absolute Gasteiger partial charge is 0.409 e. The molecule has 21 heavy (non-hydrogen) atoms. The summed E-state index contributed by atoms with van der Waals surface area (Å²) in [5.74, 6) is -3.00. The molecule has 6 heteroatoms. The van der Waals surface area contributed by atoms with Crippen molar-refractivity contribution >= 4 is 5.84 Å². The van der Waals surface area contributed by atoms with Crippen molar-refractivity contribution in [1.82, 2.24) is 4.90 Å². The van der Waals surface area contributed by atoms with E-state index in [0.29, 0.717) is 0 Å². The fraction of sp³-hybridized carbons (Fsp3) is 0.533. The van der Waals surface area contributed by atoms with Crippen molar-refractivity contribution < 1.29 is 14.0 Å². The monoisotopic (exact) mass is 297 g/mol. The Labute approximate surface area is 123 Å². The predicted molar refractivity (Wildman–Crippen MR) is 77.6 cm³/mol. The summed E-state index contributed by atoms with van der Waals surface area (Å²) in [5.41, 5.74) is 5.51. The van der Waals surface area contributed by atoms with Gasteiger partial charge >= 0.3 is 0 Å². The molecule has 1 saturated carbocycles. The van der Waals surface area contributed by atoms with Crippen LogP contribution >= 0.6 is 0 Å². The number of halogens is 2. The molecule has 1 aromatic rings. The maximum Gasteiger partial charge on any atom is 0.285 e. The summed E-state index contributed by atoms with van der Waals surface area (Å²) in [4.78, 5) is 1.63. The zero-order valence-electron chi connectivity index (χ0n) is 11.9. The molecular weight excluding hydrogens is 276 g/mol. The number of rotatable bonds is 6. The van der Waals surface area contributed by atoms with Crippen LogP contribution in [-0.4, -0.2) is 35.1 Å². The van der Waals surface area contributed by atoms with Crippen LogP contribution in [0.1, 0.15) is 31.2 Å². The molecule has 0 aromatic heterocycles. The van der Waals surface area contributed by atoms with Gasteiger partial charge in [-0.2, -0.15) is 8.78 Å². The van der Waals surface area contributed by atoms with Crippen LogP contribution in [0.4, 0.5) is 8.78 Å². The van der Waals surface area contributed by atoms with Crippen molar-refractivity contribution in [3.63, 3.8) is 0 Å². The Kier molecular flexibility index (Phi) is 5.12. The van der Waals surface area contributed by atoms with Gasteiger partial charge in [0.15, 0.2) is 5.84 Å². The van der Waals surface area contributed by atoms with Gasteiger partial charge in [-0.3, -0.25) is 4.90 Å². The second-order valence-corrected chi connectivity index (χ2v) is 5.51. The number of nitrogens with zero attached hydrogens (tertiary/aromatic N) is 2. The van der Waals surface area contributed by atoms with Gasteiger partial charge in [0.1, 0.15) is 0 Å². The van der Waals surface area contributed by atoms with E-state index in [1.165, 1.54) is 12.1 Å². The third-order valence-electron chi connectivity index (χ3n) is 3.93. The Bertz CT molecular complexity index is 473. The summed E-state index contributed by atoms with van der Waals surface area (Å²) in [7, 11) is 0. The molecule has 2 rings (SSSR count). The lowest BCUT2D eigenvalue weighted by Gasteiger charge is -2.31. The van der Waals surface area contributed by atoms with Gasteiger partial charge in [-0.15, -0.1) is 0 Å². The first-order valence-corrected chi connectivity index (χ1v) is 7.17. The van der Waals surface area contributed by atoms with Crippen molar-refractivity contribution in [3.05, 3.63) is 35.9 Å². The SMILES string of the molecule is N/C(CN(CC(F)(F)c1ccccc1)C1CCCC1)=N/O. The minimum Gasteiger partial charge on any atom is -0.409 e. The second kappa shape index (κ2) is 6.85. The minimum atomic E-state index is -2.96. The first-order valence-electron chi connectivity index (χ1n) is 7.17. The Balaban J connectivity index is 2.13. The van der Waals surface area contributed by atoms with Gasteiger partial charge in [0.2, 0.25) is 0 Å². The molecule has 116 valence electrons. The molecule has 3 N–H and O–H groups in total. The van der Waals surface area contributed by atoms with Gasteiger partial charge in [-0.05, 0) is 12.8 Å². The lowest BCUT2D eigenvalue weighted by Crippen LogP contribution is -2.45. The topological polar surface area (TPSA) is 61.8 Å². The quantitative estimate of drug-likeness (QED) is 0.367. The number of alkyl halides is 2. The predicted octanol–water partition coefficient (Wildman–Crippen LogP) is 2.77. The number of oxime groups is 1. The lowest BCUT2D eigenvalue weighted by molar-refractivity contribution is -0.0436. The highest BCUT2D eigenvalue weighted by Gasteiger charge is 2.37. The third kappa shape index (κ3) is 4.14. The van der Waals surface area contributed by atoms with Crippen molar-refractivity contribution in [2.75, 3.05) is 13.1 Å². The molecule has 0 amide bonds. The standard InChI is InChI=1S/C15H21F2N3O/c16-15(17,12-6-2-1-3-7-12)11-20(10-14(18)19-21)13-8-4-5-9-13/h1-3,6-7,13,21H,4-5,8-11H2,(H2,18,19). The highest BCUT2D eigenvalue weighted by Crippen LogP contribution is 2.32. The molecule has 4 nitrogen and oxygen atoms in total. The molecule has 0 saturated heterocycles. The van der Waals surface area contributed by atoms with E-state index in [4.69, 9.17) is 10.9 Å². The van der Waals surface area contributed by atoms with E-state index in [1.54, 1.807) is 23.1 Å². The highest BCUT2D eigenvalue weighted by molar-refractivity contribution is 5.81. The van der Waals surface area contributed by atoms with Crippen LogP contribution in [0.5, 0.6) is 0 Å². The van der Waals surface area contributed by atoms with Crippen LogP contribution in [0.25, 0.3) is 0 Å². The second-order valence-electron chi connectivity index (χ2n) is 5.51. The molecule has 1 fully saturated rings. The molecule has 0 bridgehead atoms. The maximum absolute atomic E-state index is 14.4. The van der Waals surface area contributed by atoms with Crippen molar-refractivity contribution in [3.8, 4) is 0 Å².